The van der Waals surface area contributed by atoms with E-state index in [4.69, 9.17) is 4.74 Å². The van der Waals surface area contributed by atoms with Gasteiger partial charge in [0.2, 0.25) is 0 Å². The first-order valence-electron chi connectivity index (χ1n) is 7.17. The summed E-state index contributed by atoms with van der Waals surface area (Å²) in [5.41, 5.74) is 5.76. The highest BCUT2D eigenvalue weighted by atomic mass is 32.1. The lowest BCUT2D eigenvalue weighted by Crippen LogP contribution is -2.34. The van der Waals surface area contributed by atoms with Crippen LogP contribution < -0.4 is 10.1 Å². The number of hydrogen-bond donors (Lipinski definition) is 1. The Hall–Kier alpha value is -1.32. The molecule has 0 aliphatic heterocycles. The predicted molar refractivity (Wildman–Crippen MR) is 84.7 cm³/mol. The molecule has 0 amide bonds. The van der Waals surface area contributed by atoms with E-state index in [1.165, 1.54) is 35.1 Å². The Morgan fingerprint density at radius 2 is 2.20 bits per heavy atom. The average molecular weight is 287 g/mol. The highest BCUT2D eigenvalue weighted by Crippen LogP contribution is 2.26. The molecule has 1 N–H and O–H groups in total. The van der Waals surface area contributed by atoms with Gasteiger partial charge in [-0.3, -0.25) is 0 Å². The number of hydrogen-bond acceptors (Lipinski definition) is 3. The lowest BCUT2D eigenvalue weighted by atomic mass is 9.88. The topological polar surface area (TPSA) is 21.3 Å². The monoisotopic (exact) mass is 287 g/mol. The molecule has 3 heteroatoms. The van der Waals surface area contributed by atoms with Crippen molar-refractivity contribution >= 4 is 11.3 Å². The third kappa shape index (κ3) is 2.89. The fraction of sp³-hybridized carbons (Fsp3) is 0.412. The van der Waals surface area contributed by atoms with Gasteiger partial charge in [-0.2, -0.15) is 11.3 Å². The second kappa shape index (κ2) is 5.98. The summed E-state index contributed by atoms with van der Waals surface area (Å²) < 4.78 is 5.33. The van der Waals surface area contributed by atoms with Crippen LogP contribution in [0.1, 0.15) is 28.7 Å². The van der Waals surface area contributed by atoms with Crippen molar-refractivity contribution in [3.05, 3.63) is 51.2 Å². The van der Waals surface area contributed by atoms with Crippen LogP contribution in [0, 0.1) is 6.92 Å². The van der Waals surface area contributed by atoms with E-state index < -0.39 is 0 Å². The van der Waals surface area contributed by atoms with Crippen molar-refractivity contribution in [2.75, 3.05) is 7.11 Å². The molecule has 0 fully saturated rings. The van der Waals surface area contributed by atoms with Crippen molar-refractivity contribution in [2.24, 2.45) is 0 Å². The number of methoxy groups -OCH3 is 1. The average Bonchev–Trinajstić information content (AvgIpc) is 2.89. The first-order chi connectivity index (χ1) is 9.76. The summed E-state index contributed by atoms with van der Waals surface area (Å²) in [4.78, 5) is 0. The molecule has 2 nitrogen and oxygen atoms in total. The Bertz CT molecular complexity index is 590. The summed E-state index contributed by atoms with van der Waals surface area (Å²) in [6.07, 6.45) is 3.50. The maximum Gasteiger partial charge on any atom is 0.119 e. The van der Waals surface area contributed by atoms with Crippen LogP contribution in [0.15, 0.2) is 29.0 Å². The van der Waals surface area contributed by atoms with E-state index in [-0.39, 0.29) is 0 Å². The second-order valence-electron chi connectivity index (χ2n) is 5.54. The largest absolute Gasteiger partial charge is 0.497 e. The number of nitrogens with one attached hydrogen (secondary N) is 1. The van der Waals surface area contributed by atoms with Crippen molar-refractivity contribution in [3.63, 3.8) is 0 Å². The van der Waals surface area contributed by atoms with Crippen molar-refractivity contribution in [1.82, 2.24) is 5.32 Å². The zero-order valence-corrected chi connectivity index (χ0v) is 12.9. The predicted octanol–water partition coefficient (Wildman–Crippen LogP) is 3.71. The molecule has 1 atom stereocenters. The molecular weight excluding hydrogens is 266 g/mol. The molecular formula is C17H21NOS. The minimum absolute atomic E-state index is 0.578. The number of ether oxygens (including phenoxy) is 1. The summed E-state index contributed by atoms with van der Waals surface area (Å²) >= 11 is 1.79. The number of aryl methyl sites for hydroxylation is 2. The normalized spacial score (nSPS) is 17.8. The minimum Gasteiger partial charge on any atom is -0.497 e. The summed E-state index contributed by atoms with van der Waals surface area (Å²) in [6, 6.07) is 7.06. The van der Waals surface area contributed by atoms with Crippen molar-refractivity contribution in [1.29, 1.82) is 0 Å². The molecule has 20 heavy (non-hydrogen) atoms. The first kappa shape index (κ1) is 13.7. The zero-order chi connectivity index (χ0) is 13.9. The van der Waals surface area contributed by atoms with Crippen LogP contribution in [0.2, 0.25) is 0 Å². The molecule has 1 aromatic carbocycles. The van der Waals surface area contributed by atoms with Gasteiger partial charge in [0.05, 0.1) is 7.11 Å². The van der Waals surface area contributed by atoms with E-state index in [0.29, 0.717) is 6.04 Å². The molecule has 1 aromatic heterocycles. The van der Waals surface area contributed by atoms with Crippen molar-refractivity contribution in [3.8, 4) is 5.75 Å². The van der Waals surface area contributed by atoms with Gasteiger partial charge in [-0.25, -0.2) is 0 Å². The van der Waals surface area contributed by atoms with Gasteiger partial charge >= 0.3 is 0 Å². The first-order valence-corrected chi connectivity index (χ1v) is 8.11. The zero-order valence-electron chi connectivity index (χ0n) is 12.1. The molecule has 0 bridgehead atoms. The molecule has 0 spiro atoms. The van der Waals surface area contributed by atoms with Crippen molar-refractivity contribution < 1.29 is 4.74 Å². The lowest BCUT2D eigenvalue weighted by Gasteiger charge is -2.26. The molecule has 2 aromatic rings. The second-order valence-corrected chi connectivity index (χ2v) is 6.28. The third-order valence-electron chi connectivity index (χ3n) is 4.18. The van der Waals surface area contributed by atoms with E-state index >= 15 is 0 Å². The summed E-state index contributed by atoms with van der Waals surface area (Å²) in [7, 11) is 1.74. The Balaban J connectivity index is 1.64. The number of thiophene rings is 1. The van der Waals surface area contributed by atoms with Crippen LogP contribution in [-0.2, 0) is 19.4 Å². The van der Waals surface area contributed by atoms with Crippen LogP contribution in [0.25, 0.3) is 0 Å². The van der Waals surface area contributed by atoms with Gasteiger partial charge in [-0.05, 0) is 71.3 Å². The molecule has 0 saturated heterocycles. The molecule has 1 aliphatic carbocycles. The van der Waals surface area contributed by atoms with Crippen LogP contribution in [0.4, 0.5) is 0 Å². The maximum absolute atomic E-state index is 5.33. The standard InChI is InChI=1S/C17H21NOS/c1-12-10-20-11-15(12)9-18-16-5-3-13-4-6-17(19-2)8-14(13)7-16/h4,6,8,10-11,16,18H,3,5,7,9H2,1-2H3. The molecule has 0 radical (unpaired) electrons. The van der Waals surface area contributed by atoms with E-state index in [1.807, 2.05) is 0 Å². The number of rotatable bonds is 4. The minimum atomic E-state index is 0.578. The van der Waals surface area contributed by atoms with Gasteiger partial charge in [0.1, 0.15) is 5.75 Å². The van der Waals surface area contributed by atoms with E-state index in [1.54, 1.807) is 18.4 Å². The van der Waals surface area contributed by atoms with Crippen LogP contribution in [0.3, 0.4) is 0 Å². The van der Waals surface area contributed by atoms with Gasteiger partial charge in [-0.15, -0.1) is 0 Å². The Morgan fingerprint density at radius 1 is 1.30 bits per heavy atom. The Morgan fingerprint density at radius 3 is 2.95 bits per heavy atom. The highest BCUT2D eigenvalue weighted by Gasteiger charge is 2.18. The van der Waals surface area contributed by atoms with Gasteiger partial charge in [0.15, 0.2) is 0 Å². The lowest BCUT2D eigenvalue weighted by molar-refractivity contribution is 0.411. The Labute approximate surface area is 124 Å². The maximum atomic E-state index is 5.33. The van der Waals surface area contributed by atoms with Crippen LogP contribution in [-0.4, -0.2) is 13.2 Å². The van der Waals surface area contributed by atoms with Gasteiger partial charge < -0.3 is 10.1 Å². The van der Waals surface area contributed by atoms with E-state index in [2.05, 4.69) is 41.2 Å². The van der Waals surface area contributed by atoms with Gasteiger partial charge in [-0.1, -0.05) is 6.07 Å². The quantitative estimate of drug-likeness (QED) is 0.925. The fourth-order valence-electron chi connectivity index (χ4n) is 2.86. The SMILES string of the molecule is COc1ccc2c(c1)CC(NCc1cscc1C)CC2. The van der Waals surface area contributed by atoms with Gasteiger partial charge in [0, 0.05) is 12.6 Å². The molecule has 0 saturated carbocycles. The molecule has 1 heterocycles. The van der Waals surface area contributed by atoms with Crippen molar-refractivity contribution in [2.45, 2.75) is 38.8 Å². The van der Waals surface area contributed by atoms with Gasteiger partial charge in [0.25, 0.3) is 0 Å². The number of benzene rings is 1. The molecule has 3 rings (SSSR count). The molecule has 1 aliphatic rings. The summed E-state index contributed by atoms with van der Waals surface area (Å²) in [5.74, 6) is 0.970. The summed E-state index contributed by atoms with van der Waals surface area (Å²) in [6.45, 7) is 3.17. The van der Waals surface area contributed by atoms with Crippen LogP contribution >= 0.6 is 11.3 Å². The van der Waals surface area contributed by atoms with Crippen LogP contribution in [0.5, 0.6) is 5.75 Å². The Kier molecular flexibility index (Phi) is 4.08. The number of fused-ring (bicyclic) bond motifs is 1. The molecule has 106 valence electrons. The third-order valence-corrected chi connectivity index (χ3v) is 5.09. The molecule has 1 unspecified atom stereocenters. The highest BCUT2D eigenvalue weighted by molar-refractivity contribution is 7.08. The van der Waals surface area contributed by atoms with E-state index in [0.717, 1.165) is 18.7 Å². The van der Waals surface area contributed by atoms with E-state index in [9.17, 15) is 0 Å². The summed E-state index contributed by atoms with van der Waals surface area (Å²) in [5, 5.41) is 8.18. The smallest absolute Gasteiger partial charge is 0.119 e. The fourth-order valence-corrected chi connectivity index (χ4v) is 3.71.